The third kappa shape index (κ3) is 3.85. The van der Waals surface area contributed by atoms with Gasteiger partial charge in [0.25, 0.3) is 0 Å². The van der Waals surface area contributed by atoms with E-state index in [1.807, 2.05) is 18.7 Å². The van der Waals surface area contributed by atoms with Crippen LogP contribution < -0.4 is 10.2 Å². The first kappa shape index (κ1) is 15.8. The lowest BCUT2D eigenvalue weighted by Crippen LogP contribution is -2.29. The molecule has 0 saturated heterocycles. The molecule has 108 valence electrons. The van der Waals surface area contributed by atoms with E-state index < -0.39 is 0 Å². The second kappa shape index (κ2) is 7.34. The van der Waals surface area contributed by atoms with Crippen molar-refractivity contribution >= 4 is 17.1 Å². The van der Waals surface area contributed by atoms with Crippen LogP contribution in [0.5, 0.6) is 0 Å². The fourth-order valence-electron chi connectivity index (χ4n) is 2.12. The normalized spacial score (nSPS) is 10.2. The minimum Gasteiger partial charge on any atom is -0.382 e. The summed E-state index contributed by atoms with van der Waals surface area (Å²) < 4.78 is 0. The van der Waals surface area contributed by atoms with Gasteiger partial charge in [0.05, 0.1) is 17.4 Å². The summed E-state index contributed by atoms with van der Waals surface area (Å²) in [4.78, 5) is 12.9. The molecule has 0 atom stereocenters. The summed E-state index contributed by atoms with van der Waals surface area (Å²) in [6.45, 7) is 5.26. The van der Waals surface area contributed by atoms with Crippen molar-refractivity contribution in [2.24, 2.45) is 5.92 Å². The van der Waals surface area contributed by atoms with Gasteiger partial charge in [-0.2, -0.15) is 5.26 Å². The number of rotatable bonds is 7. The fraction of sp³-hybridized carbons (Fsp3) is 0.500. The Balaban J connectivity index is 3.24. The minimum atomic E-state index is -0.374. The zero-order chi connectivity index (χ0) is 15.1. The average molecular weight is 276 g/mol. The van der Waals surface area contributed by atoms with E-state index in [-0.39, 0.29) is 10.6 Å². The number of nitriles is 1. The van der Waals surface area contributed by atoms with Crippen LogP contribution in [0, 0.1) is 27.4 Å². The topological polar surface area (TPSA) is 82.2 Å². The number of benzene rings is 1. The molecule has 0 aliphatic rings. The zero-order valence-corrected chi connectivity index (χ0v) is 12.1. The summed E-state index contributed by atoms with van der Waals surface area (Å²) in [5.41, 5.74) is 1.11. The molecule has 0 bridgehead atoms. The maximum atomic E-state index is 11.3. The molecular formula is C14H20N4O2. The van der Waals surface area contributed by atoms with Crippen molar-refractivity contribution in [1.29, 1.82) is 5.26 Å². The average Bonchev–Trinajstić information content (AvgIpc) is 2.41. The lowest BCUT2D eigenvalue weighted by Gasteiger charge is -2.26. The molecule has 0 fully saturated rings. The van der Waals surface area contributed by atoms with Gasteiger partial charge in [-0.25, -0.2) is 0 Å². The summed E-state index contributed by atoms with van der Waals surface area (Å²) in [7, 11) is 1.66. The molecular weight excluding hydrogens is 256 g/mol. The van der Waals surface area contributed by atoms with Crippen molar-refractivity contribution in [2.75, 3.05) is 30.4 Å². The fourth-order valence-corrected chi connectivity index (χ4v) is 2.12. The Bertz CT molecular complexity index is 508. The van der Waals surface area contributed by atoms with Crippen LogP contribution in [0.1, 0.15) is 20.3 Å². The van der Waals surface area contributed by atoms with Gasteiger partial charge in [0.15, 0.2) is 0 Å². The second-order valence-corrected chi connectivity index (χ2v) is 4.93. The molecule has 0 heterocycles. The van der Waals surface area contributed by atoms with Crippen LogP contribution in [0.25, 0.3) is 0 Å². The van der Waals surface area contributed by atoms with Gasteiger partial charge in [0, 0.05) is 20.1 Å². The molecule has 1 aromatic carbocycles. The smallest absolute Gasteiger partial charge is 0.315 e. The van der Waals surface area contributed by atoms with E-state index in [9.17, 15) is 10.1 Å². The first-order chi connectivity index (χ1) is 9.51. The number of nitrogens with zero attached hydrogens (tertiary/aromatic N) is 3. The highest BCUT2D eigenvalue weighted by Crippen LogP contribution is 2.35. The first-order valence-electron chi connectivity index (χ1n) is 6.58. The maximum absolute atomic E-state index is 11.3. The van der Waals surface area contributed by atoms with E-state index in [0.29, 0.717) is 36.8 Å². The first-order valence-corrected chi connectivity index (χ1v) is 6.58. The molecule has 0 unspecified atom stereocenters. The van der Waals surface area contributed by atoms with Gasteiger partial charge in [0.2, 0.25) is 0 Å². The van der Waals surface area contributed by atoms with E-state index in [4.69, 9.17) is 5.26 Å². The van der Waals surface area contributed by atoms with Crippen LogP contribution >= 0.6 is 0 Å². The third-order valence-corrected chi connectivity index (χ3v) is 2.89. The van der Waals surface area contributed by atoms with E-state index in [2.05, 4.69) is 11.4 Å². The molecule has 1 N–H and O–H groups in total. The van der Waals surface area contributed by atoms with E-state index >= 15 is 0 Å². The molecule has 0 aromatic heterocycles. The quantitative estimate of drug-likeness (QED) is 0.611. The molecule has 0 amide bonds. The summed E-state index contributed by atoms with van der Waals surface area (Å²) in [6.07, 6.45) is 0.341. The van der Waals surface area contributed by atoms with Crippen molar-refractivity contribution in [1.82, 2.24) is 0 Å². The molecule has 20 heavy (non-hydrogen) atoms. The van der Waals surface area contributed by atoms with Gasteiger partial charge < -0.3 is 10.2 Å². The second-order valence-electron chi connectivity index (χ2n) is 4.93. The Hall–Kier alpha value is -2.29. The van der Waals surface area contributed by atoms with Gasteiger partial charge >= 0.3 is 5.69 Å². The van der Waals surface area contributed by atoms with Crippen molar-refractivity contribution < 1.29 is 4.92 Å². The van der Waals surface area contributed by atoms with Crippen molar-refractivity contribution in [2.45, 2.75) is 20.3 Å². The molecule has 6 heteroatoms. The highest BCUT2D eigenvalue weighted by atomic mass is 16.6. The van der Waals surface area contributed by atoms with Crippen molar-refractivity contribution in [3.63, 3.8) is 0 Å². The lowest BCUT2D eigenvalue weighted by atomic mass is 10.1. The molecule has 0 radical (unpaired) electrons. The molecule has 0 spiro atoms. The highest BCUT2D eigenvalue weighted by molar-refractivity contribution is 5.77. The van der Waals surface area contributed by atoms with Crippen molar-refractivity contribution in [3.8, 4) is 6.07 Å². The number of hydrogen-bond acceptors (Lipinski definition) is 5. The monoisotopic (exact) mass is 276 g/mol. The number of nitro benzene ring substituents is 1. The van der Waals surface area contributed by atoms with Crippen LogP contribution in [0.4, 0.5) is 17.1 Å². The number of nitro groups is 1. The Morgan fingerprint density at radius 2 is 2.20 bits per heavy atom. The third-order valence-electron chi connectivity index (χ3n) is 2.89. The Kier molecular flexibility index (Phi) is 5.78. The van der Waals surface area contributed by atoms with E-state index in [1.165, 1.54) is 0 Å². The van der Waals surface area contributed by atoms with Crippen LogP contribution in [-0.4, -0.2) is 25.1 Å². The summed E-state index contributed by atoms with van der Waals surface area (Å²) in [6, 6.07) is 7.29. The molecule has 6 nitrogen and oxygen atoms in total. The summed E-state index contributed by atoms with van der Waals surface area (Å²) >= 11 is 0. The van der Waals surface area contributed by atoms with Gasteiger partial charge in [-0.1, -0.05) is 19.9 Å². The van der Waals surface area contributed by atoms with Crippen LogP contribution in [-0.2, 0) is 0 Å². The summed E-state index contributed by atoms with van der Waals surface area (Å²) in [5.74, 6) is 0.353. The lowest BCUT2D eigenvalue weighted by molar-refractivity contribution is -0.383. The van der Waals surface area contributed by atoms with Crippen LogP contribution in [0.3, 0.4) is 0 Å². The number of hydrogen-bond donors (Lipinski definition) is 1. The van der Waals surface area contributed by atoms with E-state index in [0.717, 1.165) is 0 Å². The molecule has 1 rings (SSSR count). The Morgan fingerprint density at radius 1 is 1.50 bits per heavy atom. The predicted molar refractivity (Wildman–Crippen MR) is 79.9 cm³/mol. The molecule has 0 aliphatic heterocycles. The number of para-hydroxylation sites is 1. The number of nitrogens with one attached hydrogen (secondary N) is 1. The van der Waals surface area contributed by atoms with E-state index in [1.54, 1.807) is 25.2 Å². The van der Waals surface area contributed by atoms with Gasteiger partial charge in [-0.05, 0) is 18.1 Å². The summed E-state index contributed by atoms with van der Waals surface area (Å²) in [5, 5.41) is 22.9. The minimum absolute atomic E-state index is 0.0635. The highest BCUT2D eigenvalue weighted by Gasteiger charge is 2.23. The SMILES string of the molecule is CNc1cccc(N(CCC#N)CC(C)C)c1[N+](=O)[O-]. The van der Waals surface area contributed by atoms with Crippen LogP contribution in [0.2, 0.25) is 0 Å². The maximum Gasteiger partial charge on any atom is 0.315 e. The van der Waals surface area contributed by atoms with Gasteiger partial charge in [-0.15, -0.1) is 0 Å². The van der Waals surface area contributed by atoms with Gasteiger partial charge in [0.1, 0.15) is 11.4 Å². The Morgan fingerprint density at radius 3 is 2.70 bits per heavy atom. The molecule has 1 aromatic rings. The number of anilines is 2. The zero-order valence-electron chi connectivity index (χ0n) is 12.1. The predicted octanol–water partition coefficient (Wildman–Crippen LogP) is 3.01. The molecule has 0 aliphatic carbocycles. The van der Waals surface area contributed by atoms with Gasteiger partial charge in [-0.3, -0.25) is 10.1 Å². The Labute approximate surface area is 119 Å². The van der Waals surface area contributed by atoms with Crippen molar-refractivity contribution in [3.05, 3.63) is 28.3 Å². The largest absolute Gasteiger partial charge is 0.382 e. The molecule has 0 saturated carbocycles. The van der Waals surface area contributed by atoms with Crippen LogP contribution in [0.15, 0.2) is 18.2 Å². The standard InChI is InChI=1S/C14H20N4O2/c1-11(2)10-17(9-5-8-15)13-7-4-6-12(16-3)14(13)18(19)20/h4,6-7,11,16H,5,9-10H2,1-3H3.